The van der Waals surface area contributed by atoms with Crippen molar-refractivity contribution in [2.45, 2.75) is 27.2 Å². The Morgan fingerprint density at radius 3 is 2.38 bits per heavy atom. The van der Waals surface area contributed by atoms with Gasteiger partial charge in [-0.15, -0.1) is 0 Å². The Hall–Kier alpha value is -3.74. The van der Waals surface area contributed by atoms with Crippen molar-refractivity contribution in [2.75, 3.05) is 0 Å². The van der Waals surface area contributed by atoms with Gasteiger partial charge in [0.05, 0.1) is 17.6 Å². The van der Waals surface area contributed by atoms with E-state index >= 15 is 0 Å². The first kappa shape index (κ1) is 20.0. The SMILES string of the molecule is Cc1ccc(-n2c(C)cc(/C=N\NC(=O)Cc3ccc([N+](=O)[O-])cc3)c2C)cc1. The van der Waals surface area contributed by atoms with E-state index in [1.807, 2.05) is 19.9 Å². The van der Waals surface area contributed by atoms with Gasteiger partial charge >= 0.3 is 0 Å². The van der Waals surface area contributed by atoms with Gasteiger partial charge in [0, 0.05) is 34.8 Å². The normalized spacial score (nSPS) is 11.0. The van der Waals surface area contributed by atoms with Crippen LogP contribution in [-0.4, -0.2) is 21.6 Å². The van der Waals surface area contributed by atoms with E-state index in [1.54, 1.807) is 18.3 Å². The molecule has 1 heterocycles. The van der Waals surface area contributed by atoms with Gasteiger partial charge in [-0.1, -0.05) is 29.8 Å². The summed E-state index contributed by atoms with van der Waals surface area (Å²) < 4.78 is 2.14. The van der Waals surface area contributed by atoms with Crippen LogP contribution in [0.2, 0.25) is 0 Å². The number of hydrogen-bond donors (Lipinski definition) is 1. The summed E-state index contributed by atoms with van der Waals surface area (Å²) in [6.45, 7) is 6.08. The van der Waals surface area contributed by atoms with E-state index in [2.05, 4.69) is 46.3 Å². The molecule has 29 heavy (non-hydrogen) atoms. The minimum Gasteiger partial charge on any atom is -0.318 e. The Morgan fingerprint density at radius 1 is 1.10 bits per heavy atom. The zero-order valence-electron chi connectivity index (χ0n) is 16.5. The lowest BCUT2D eigenvalue weighted by Gasteiger charge is -2.09. The zero-order valence-corrected chi connectivity index (χ0v) is 16.5. The number of non-ortho nitro benzene ring substituents is 1. The first-order valence-electron chi connectivity index (χ1n) is 9.16. The van der Waals surface area contributed by atoms with Crippen molar-refractivity contribution in [2.24, 2.45) is 5.10 Å². The number of amides is 1. The molecule has 1 N–H and O–H groups in total. The number of carbonyl (C=O) groups excluding carboxylic acids is 1. The van der Waals surface area contributed by atoms with Gasteiger partial charge in [0.15, 0.2) is 0 Å². The second-order valence-electron chi connectivity index (χ2n) is 6.89. The second kappa shape index (κ2) is 8.52. The highest BCUT2D eigenvalue weighted by Gasteiger charge is 2.10. The van der Waals surface area contributed by atoms with Crippen molar-refractivity contribution in [1.82, 2.24) is 9.99 Å². The molecule has 0 atom stereocenters. The standard InChI is InChI=1S/C22H22N4O3/c1-15-4-8-20(9-5-15)25-16(2)12-19(17(25)3)14-23-24-22(27)13-18-6-10-21(11-7-18)26(28)29/h4-12,14H,13H2,1-3H3,(H,24,27)/b23-14-. The third-order valence-electron chi connectivity index (χ3n) is 4.67. The van der Waals surface area contributed by atoms with Gasteiger partial charge in [-0.2, -0.15) is 5.10 Å². The minimum absolute atomic E-state index is 0.00360. The molecule has 0 spiro atoms. The Labute approximate surface area is 168 Å². The molecule has 1 aromatic heterocycles. The maximum absolute atomic E-state index is 12.1. The number of carbonyl (C=O) groups is 1. The van der Waals surface area contributed by atoms with E-state index in [0.29, 0.717) is 5.56 Å². The van der Waals surface area contributed by atoms with Gasteiger partial charge in [-0.3, -0.25) is 14.9 Å². The van der Waals surface area contributed by atoms with Crippen LogP contribution in [-0.2, 0) is 11.2 Å². The van der Waals surface area contributed by atoms with Crippen LogP contribution in [0.5, 0.6) is 0 Å². The summed E-state index contributed by atoms with van der Waals surface area (Å²) in [6.07, 6.45) is 1.72. The van der Waals surface area contributed by atoms with Crippen LogP contribution in [0.15, 0.2) is 59.7 Å². The third-order valence-corrected chi connectivity index (χ3v) is 4.67. The van der Waals surface area contributed by atoms with E-state index in [-0.39, 0.29) is 18.0 Å². The number of nitrogens with zero attached hydrogens (tertiary/aromatic N) is 3. The van der Waals surface area contributed by atoms with Crippen LogP contribution >= 0.6 is 0 Å². The fourth-order valence-electron chi connectivity index (χ4n) is 3.14. The lowest BCUT2D eigenvalue weighted by atomic mass is 10.1. The summed E-state index contributed by atoms with van der Waals surface area (Å²) in [6, 6.07) is 16.2. The van der Waals surface area contributed by atoms with Crippen molar-refractivity contribution < 1.29 is 9.72 Å². The van der Waals surface area contributed by atoms with Crippen molar-refractivity contribution >= 4 is 17.8 Å². The van der Waals surface area contributed by atoms with Crippen LogP contribution < -0.4 is 5.43 Å². The molecule has 3 rings (SSSR count). The fourth-order valence-corrected chi connectivity index (χ4v) is 3.14. The summed E-state index contributed by atoms with van der Waals surface area (Å²) in [4.78, 5) is 22.3. The summed E-state index contributed by atoms with van der Waals surface area (Å²) in [7, 11) is 0. The first-order chi connectivity index (χ1) is 13.8. The highest BCUT2D eigenvalue weighted by atomic mass is 16.6. The van der Waals surface area contributed by atoms with Crippen molar-refractivity contribution in [1.29, 1.82) is 0 Å². The van der Waals surface area contributed by atoms with E-state index in [1.165, 1.54) is 17.7 Å². The smallest absolute Gasteiger partial charge is 0.269 e. The average Bonchev–Trinajstić information content (AvgIpc) is 2.96. The lowest BCUT2D eigenvalue weighted by molar-refractivity contribution is -0.384. The van der Waals surface area contributed by atoms with E-state index in [4.69, 9.17) is 0 Å². The third kappa shape index (κ3) is 4.76. The molecule has 0 aliphatic rings. The molecule has 0 aliphatic heterocycles. The molecule has 7 nitrogen and oxygen atoms in total. The van der Waals surface area contributed by atoms with Gasteiger partial charge in [0.25, 0.3) is 5.69 Å². The van der Waals surface area contributed by atoms with Crippen LogP contribution in [0.4, 0.5) is 5.69 Å². The number of nitro benzene ring substituents is 1. The topological polar surface area (TPSA) is 89.5 Å². The van der Waals surface area contributed by atoms with Crippen LogP contribution in [0, 0.1) is 30.9 Å². The van der Waals surface area contributed by atoms with Crippen molar-refractivity contribution in [3.05, 3.63) is 92.8 Å². The molecule has 3 aromatic rings. The maximum atomic E-state index is 12.1. The molecule has 0 unspecified atom stereocenters. The molecule has 0 bridgehead atoms. The Kier molecular flexibility index (Phi) is 5.87. The quantitative estimate of drug-likeness (QED) is 0.392. The van der Waals surface area contributed by atoms with E-state index in [9.17, 15) is 14.9 Å². The highest BCUT2D eigenvalue weighted by molar-refractivity contribution is 5.84. The number of hydrazone groups is 1. The van der Waals surface area contributed by atoms with Gasteiger partial charge in [-0.25, -0.2) is 5.43 Å². The number of benzene rings is 2. The molecular formula is C22H22N4O3. The summed E-state index contributed by atoms with van der Waals surface area (Å²) in [5.74, 6) is -0.289. The number of rotatable bonds is 6. The highest BCUT2D eigenvalue weighted by Crippen LogP contribution is 2.20. The van der Waals surface area contributed by atoms with E-state index in [0.717, 1.165) is 22.6 Å². The van der Waals surface area contributed by atoms with E-state index < -0.39 is 4.92 Å². The molecule has 1 amide bonds. The second-order valence-corrected chi connectivity index (χ2v) is 6.89. The number of aromatic nitrogens is 1. The average molecular weight is 390 g/mol. The number of aryl methyl sites for hydroxylation is 2. The minimum atomic E-state index is -0.471. The molecule has 0 saturated carbocycles. The maximum Gasteiger partial charge on any atom is 0.269 e. The van der Waals surface area contributed by atoms with Crippen molar-refractivity contribution in [3.63, 3.8) is 0 Å². The molecular weight excluding hydrogens is 368 g/mol. The number of nitrogens with one attached hydrogen (secondary N) is 1. The van der Waals surface area contributed by atoms with Gasteiger partial charge in [0.1, 0.15) is 0 Å². The van der Waals surface area contributed by atoms with Gasteiger partial charge in [-0.05, 0) is 44.5 Å². The molecule has 0 fully saturated rings. The monoisotopic (exact) mass is 390 g/mol. The van der Waals surface area contributed by atoms with Gasteiger partial charge < -0.3 is 4.57 Å². The largest absolute Gasteiger partial charge is 0.318 e. The first-order valence-corrected chi connectivity index (χ1v) is 9.16. The predicted molar refractivity (Wildman–Crippen MR) is 113 cm³/mol. The number of hydrogen-bond acceptors (Lipinski definition) is 4. The zero-order chi connectivity index (χ0) is 21.0. The molecule has 0 aliphatic carbocycles. The molecule has 0 radical (unpaired) electrons. The van der Waals surface area contributed by atoms with Crippen LogP contribution in [0.1, 0.15) is 28.1 Å². The molecule has 7 heteroatoms. The summed E-state index contributed by atoms with van der Waals surface area (Å²) >= 11 is 0. The molecule has 0 saturated heterocycles. The molecule has 2 aromatic carbocycles. The number of nitro groups is 1. The van der Waals surface area contributed by atoms with Crippen molar-refractivity contribution in [3.8, 4) is 5.69 Å². The summed E-state index contributed by atoms with van der Waals surface area (Å²) in [5, 5.41) is 14.7. The Morgan fingerprint density at radius 2 is 1.76 bits per heavy atom. The lowest BCUT2D eigenvalue weighted by Crippen LogP contribution is -2.19. The molecule has 148 valence electrons. The Balaban J connectivity index is 1.65. The van der Waals surface area contributed by atoms with Crippen LogP contribution in [0.3, 0.4) is 0 Å². The van der Waals surface area contributed by atoms with Gasteiger partial charge in [0.2, 0.25) is 5.91 Å². The summed E-state index contributed by atoms with van der Waals surface area (Å²) in [5.41, 5.74) is 8.48. The Bertz CT molecular complexity index is 1060. The van der Waals surface area contributed by atoms with Crippen LogP contribution in [0.25, 0.3) is 5.69 Å². The predicted octanol–water partition coefficient (Wildman–Crippen LogP) is 4.00. The fraction of sp³-hybridized carbons (Fsp3) is 0.182.